The summed E-state index contributed by atoms with van der Waals surface area (Å²) in [5.41, 5.74) is 0.976. The van der Waals surface area contributed by atoms with E-state index in [1.54, 1.807) is 12.1 Å². The molecular formula is C16H22FNO. The summed E-state index contributed by atoms with van der Waals surface area (Å²) in [6.45, 7) is 4.73. The van der Waals surface area contributed by atoms with Gasteiger partial charge in [0.15, 0.2) is 0 Å². The Labute approximate surface area is 114 Å². The first-order valence-electron chi connectivity index (χ1n) is 7.10. The molecule has 0 bridgehead atoms. The Morgan fingerprint density at radius 2 is 2.21 bits per heavy atom. The minimum absolute atomic E-state index is 0.148. The molecule has 1 aliphatic rings. The molecule has 0 radical (unpaired) electrons. The Hall–Kier alpha value is -1.38. The van der Waals surface area contributed by atoms with Crippen LogP contribution in [0, 0.1) is 24.6 Å². The zero-order chi connectivity index (χ0) is 13.8. The molecule has 1 saturated carbocycles. The van der Waals surface area contributed by atoms with Crippen LogP contribution in [0.25, 0.3) is 0 Å². The first kappa shape index (κ1) is 14.0. The van der Waals surface area contributed by atoms with Crippen molar-refractivity contribution in [3.05, 3.63) is 35.1 Å². The molecule has 1 amide bonds. The lowest BCUT2D eigenvalue weighted by atomic mass is 9.82. The number of hydrogen-bond donors (Lipinski definition) is 1. The Kier molecular flexibility index (Phi) is 4.56. The number of nitrogens with one attached hydrogen (secondary N) is 1. The standard InChI is InChI=1S/C16H22FNO/c1-11-4-3-5-13(8-11)10-18-16(19)14-7-6-12(2)9-15(14)17/h6-7,9,11,13H,3-5,8,10H2,1-2H3,(H,18,19). The van der Waals surface area contributed by atoms with Gasteiger partial charge in [-0.2, -0.15) is 0 Å². The zero-order valence-electron chi connectivity index (χ0n) is 11.7. The van der Waals surface area contributed by atoms with Crippen LogP contribution >= 0.6 is 0 Å². The first-order chi connectivity index (χ1) is 9.06. The van der Waals surface area contributed by atoms with Crippen LogP contribution in [0.3, 0.4) is 0 Å². The van der Waals surface area contributed by atoms with Crippen molar-refractivity contribution in [3.63, 3.8) is 0 Å². The van der Waals surface area contributed by atoms with Gasteiger partial charge in [0.25, 0.3) is 5.91 Å². The van der Waals surface area contributed by atoms with Gasteiger partial charge in [0.05, 0.1) is 5.56 Å². The van der Waals surface area contributed by atoms with E-state index in [-0.39, 0.29) is 11.5 Å². The second-order valence-corrected chi connectivity index (χ2v) is 5.83. The summed E-state index contributed by atoms with van der Waals surface area (Å²) in [5, 5.41) is 2.87. The highest BCUT2D eigenvalue weighted by atomic mass is 19.1. The quantitative estimate of drug-likeness (QED) is 0.885. The summed E-state index contributed by atoms with van der Waals surface area (Å²) >= 11 is 0. The van der Waals surface area contributed by atoms with Crippen LogP contribution < -0.4 is 5.32 Å². The van der Waals surface area contributed by atoms with Crippen molar-refractivity contribution < 1.29 is 9.18 Å². The van der Waals surface area contributed by atoms with Gasteiger partial charge in [-0.3, -0.25) is 4.79 Å². The molecule has 19 heavy (non-hydrogen) atoms. The maximum Gasteiger partial charge on any atom is 0.254 e. The molecule has 104 valence electrons. The molecular weight excluding hydrogens is 241 g/mol. The largest absolute Gasteiger partial charge is 0.352 e. The third kappa shape index (κ3) is 3.79. The number of carbonyl (C=O) groups excluding carboxylic acids is 1. The molecule has 2 unspecified atom stereocenters. The summed E-state index contributed by atoms with van der Waals surface area (Å²) in [4.78, 5) is 11.9. The number of benzene rings is 1. The number of carbonyl (C=O) groups is 1. The highest BCUT2D eigenvalue weighted by Gasteiger charge is 2.20. The van der Waals surface area contributed by atoms with Gasteiger partial charge in [-0.05, 0) is 49.3 Å². The van der Waals surface area contributed by atoms with Gasteiger partial charge in [0, 0.05) is 6.54 Å². The predicted octanol–water partition coefficient (Wildman–Crippen LogP) is 3.69. The Morgan fingerprint density at radius 3 is 2.89 bits per heavy atom. The molecule has 1 aliphatic carbocycles. The van der Waals surface area contributed by atoms with Crippen molar-refractivity contribution in [3.8, 4) is 0 Å². The van der Waals surface area contributed by atoms with Crippen molar-refractivity contribution in [2.45, 2.75) is 39.5 Å². The van der Waals surface area contributed by atoms with Crippen LogP contribution in [0.1, 0.15) is 48.5 Å². The number of rotatable bonds is 3. The lowest BCUT2D eigenvalue weighted by molar-refractivity contribution is 0.0936. The maximum atomic E-state index is 13.7. The van der Waals surface area contributed by atoms with E-state index in [1.807, 2.05) is 6.92 Å². The van der Waals surface area contributed by atoms with Gasteiger partial charge < -0.3 is 5.32 Å². The second-order valence-electron chi connectivity index (χ2n) is 5.83. The van der Waals surface area contributed by atoms with Crippen molar-refractivity contribution in [2.24, 2.45) is 11.8 Å². The SMILES string of the molecule is Cc1ccc(C(=O)NCC2CCCC(C)C2)c(F)c1. The number of hydrogen-bond acceptors (Lipinski definition) is 1. The normalized spacial score (nSPS) is 23.1. The zero-order valence-corrected chi connectivity index (χ0v) is 11.7. The number of amides is 1. The van der Waals surface area contributed by atoms with Crippen LogP contribution in [-0.2, 0) is 0 Å². The summed E-state index contributed by atoms with van der Waals surface area (Å²) in [6.07, 6.45) is 4.86. The van der Waals surface area contributed by atoms with E-state index in [0.717, 1.165) is 17.9 Å². The average Bonchev–Trinajstić information content (AvgIpc) is 2.36. The molecule has 1 aromatic rings. The summed E-state index contributed by atoms with van der Waals surface area (Å²) < 4.78 is 13.7. The van der Waals surface area contributed by atoms with Gasteiger partial charge in [-0.1, -0.05) is 25.8 Å². The van der Waals surface area contributed by atoms with Crippen LogP contribution in [0.15, 0.2) is 18.2 Å². The number of halogens is 1. The Balaban J connectivity index is 1.90. The minimum atomic E-state index is -0.436. The van der Waals surface area contributed by atoms with Gasteiger partial charge >= 0.3 is 0 Å². The van der Waals surface area contributed by atoms with Gasteiger partial charge in [-0.25, -0.2) is 4.39 Å². The molecule has 0 aliphatic heterocycles. The monoisotopic (exact) mass is 263 g/mol. The third-order valence-corrected chi connectivity index (χ3v) is 3.97. The minimum Gasteiger partial charge on any atom is -0.352 e. The fourth-order valence-electron chi connectivity index (χ4n) is 2.88. The van der Waals surface area contributed by atoms with E-state index in [9.17, 15) is 9.18 Å². The fourth-order valence-corrected chi connectivity index (χ4v) is 2.88. The van der Waals surface area contributed by atoms with Crippen molar-refractivity contribution in [1.82, 2.24) is 5.32 Å². The summed E-state index contributed by atoms with van der Waals surface area (Å²) in [7, 11) is 0. The molecule has 1 fully saturated rings. The smallest absolute Gasteiger partial charge is 0.254 e. The summed E-state index contributed by atoms with van der Waals surface area (Å²) in [6, 6.07) is 4.72. The number of aryl methyl sites for hydroxylation is 1. The lowest BCUT2D eigenvalue weighted by Gasteiger charge is -2.26. The van der Waals surface area contributed by atoms with Gasteiger partial charge in [0.1, 0.15) is 5.82 Å². The van der Waals surface area contributed by atoms with Crippen LogP contribution in [0.2, 0.25) is 0 Å². The average molecular weight is 263 g/mol. The topological polar surface area (TPSA) is 29.1 Å². The van der Waals surface area contributed by atoms with E-state index in [4.69, 9.17) is 0 Å². The van der Waals surface area contributed by atoms with Crippen molar-refractivity contribution in [1.29, 1.82) is 0 Å². The molecule has 2 rings (SSSR count). The molecule has 3 heteroatoms. The van der Waals surface area contributed by atoms with Crippen LogP contribution in [-0.4, -0.2) is 12.5 Å². The second kappa shape index (κ2) is 6.18. The molecule has 0 saturated heterocycles. The highest BCUT2D eigenvalue weighted by molar-refractivity contribution is 5.94. The molecule has 1 aromatic carbocycles. The van der Waals surface area contributed by atoms with E-state index in [2.05, 4.69) is 12.2 Å². The van der Waals surface area contributed by atoms with Crippen molar-refractivity contribution in [2.75, 3.05) is 6.54 Å². The molecule has 0 aromatic heterocycles. The fraction of sp³-hybridized carbons (Fsp3) is 0.562. The van der Waals surface area contributed by atoms with Gasteiger partial charge in [-0.15, -0.1) is 0 Å². The van der Waals surface area contributed by atoms with E-state index in [1.165, 1.54) is 25.3 Å². The molecule has 1 N–H and O–H groups in total. The van der Waals surface area contributed by atoms with Crippen LogP contribution in [0.4, 0.5) is 4.39 Å². The lowest BCUT2D eigenvalue weighted by Crippen LogP contribution is -2.32. The van der Waals surface area contributed by atoms with E-state index < -0.39 is 5.82 Å². The van der Waals surface area contributed by atoms with E-state index >= 15 is 0 Å². The van der Waals surface area contributed by atoms with Crippen molar-refractivity contribution >= 4 is 5.91 Å². The summed E-state index contributed by atoms with van der Waals surface area (Å²) in [5.74, 6) is 0.554. The highest BCUT2D eigenvalue weighted by Crippen LogP contribution is 2.28. The first-order valence-corrected chi connectivity index (χ1v) is 7.10. The Bertz CT molecular complexity index is 458. The Morgan fingerprint density at radius 1 is 1.42 bits per heavy atom. The maximum absolute atomic E-state index is 13.7. The van der Waals surface area contributed by atoms with Gasteiger partial charge in [0.2, 0.25) is 0 Å². The molecule has 0 spiro atoms. The molecule has 2 atom stereocenters. The third-order valence-electron chi connectivity index (χ3n) is 3.97. The van der Waals surface area contributed by atoms with E-state index in [0.29, 0.717) is 12.5 Å². The molecule has 0 heterocycles. The van der Waals surface area contributed by atoms with Crippen LogP contribution in [0.5, 0.6) is 0 Å². The predicted molar refractivity (Wildman–Crippen MR) is 74.6 cm³/mol. The molecule has 2 nitrogen and oxygen atoms in total.